The van der Waals surface area contributed by atoms with E-state index in [4.69, 9.17) is 4.98 Å². The van der Waals surface area contributed by atoms with E-state index in [1.165, 1.54) is 24.2 Å². The summed E-state index contributed by atoms with van der Waals surface area (Å²) < 4.78 is 1.71. The molecule has 1 amide bonds. The minimum atomic E-state index is -0.658. The first kappa shape index (κ1) is 19.2. The molecule has 1 aliphatic carbocycles. The summed E-state index contributed by atoms with van der Waals surface area (Å²) in [4.78, 5) is 23.5. The number of aromatic amines is 1. The number of amides is 1. The van der Waals surface area contributed by atoms with Crippen LogP contribution in [-0.4, -0.2) is 59.5 Å². The highest BCUT2D eigenvalue weighted by Gasteiger charge is 2.38. The highest BCUT2D eigenvalue weighted by Crippen LogP contribution is 2.39. The zero-order valence-corrected chi connectivity index (χ0v) is 17.8. The maximum absolute atomic E-state index is 12.9. The van der Waals surface area contributed by atoms with Crippen LogP contribution < -0.4 is 15.5 Å². The number of hydrogen-bond donors (Lipinski definition) is 4. The predicted molar refractivity (Wildman–Crippen MR) is 119 cm³/mol. The second-order valence-corrected chi connectivity index (χ2v) is 8.98. The lowest BCUT2D eigenvalue weighted by atomic mass is 10.2. The number of aromatic nitrogens is 6. The summed E-state index contributed by atoms with van der Waals surface area (Å²) in [6.07, 6.45) is 5.45. The molecule has 0 aromatic carbocycles. The molecule has 12 heteroatoms. The fourth-order valence-electron chi connectivity index (χ4n) is 4.02. The maximum Gasteiger partial charge on any atom is 0.249 e. The van der Waals surface area contributed by atoms with E-state index >= 15 is 0 Å². The lowest BCUT2D eigenvalue weighted by Crippen LogP contribution is -2.41. The van der Waals surface area contributed by atoms with Gasteiger partial charge >= 0.3 is 0 Å². The van der Waals surface area contributed by atoms with Gasteiger partial charge in [0.05, 0.1) is 6.10 Å². The van der Waals surface area contributed by atoms with Crippen LogP contribution in [0.3, 0.4) is 0 Å². The van der Waals surface area contributed by atoms with Gasteiger partial charge in [0.25, 0.3) is 0 Å². The normalized spacial score (nSPS) is 20.7. The number of nitrogens with zero attached hydrogens (tertiary/aromatic N) is 6. The molecule has 4 N–H and O–H groups in total. The average molecular weight is 452 g/mol. The molecular weight excluding hydrogens is 430 g/mol. The lowest BCUT2D eigenvalue weighted by Gasteiger charge is -2.23. The highest BCUT2D eigenvalue weighted by atomic mass is 32.1. The first-order chi connectivity index (χ1) is 15.6. The second-order valence-electron chi connectivity index (χ2n) is 8.09. The number of H-pyrrole nitrogens is 1. The molecule has 4 aromatic heterocycles. The van der Waals surface area contributed by atoms with Crippen molar-refractivity contribution in [1.29, 1.82) is 0 Å². The van der Waals surface area contributed by atoms with Crippen LogP contribution in [-0.2, 0) is 4.79 Å². The molecule has 32 heavy (non-hydrogen) atoms. The third-order valence-corrected chi connectivity index (χ3v) is 6.43. The van der Waals surface area contributed by atoms with E-state index in [-0.39, 0.29) is 18.9 Å². The van der Waals surface area contributed by atoms with Crippen molar-refractivity contribution in [3.05, 3.63) is 41.7 Å². The number of fused-ring (bicyclic) bond motifs is 1. The van der Waals surface area contributed by atoms with Crippen LogP contribution in [0.25, 0.3) is 5.52 Å². The summed E-state index contributed by atoms with van der Waals surface area (Å²) in [5, 5.41) is 30.8. The molecule has 0 unspecified atom stereocenters. The van der Waals surface area contributed by atoms with Gasteiger partial charge in [-0.1, -0.05) is 0 Å². The topological polar surface area (TPSA) is 136 Å². The molecule has 0 radical (unpaired) electrons. The highest BCUT2D eigenvalue weighted by molar-refractivity contribution is 7.13. The van der Waals surface area contributed by atoms with E-state index in [0.717, 1.165) is 11.2 Å². The number of thiazole rings is 1. The van der Waals surface area contributed by atoms with Crippen LogP contribution in [0, 0.1) is 0 Å². The first-order valence-corrected chi connectivity index (χ1v) is 11.3. The Labute approximate surface area is 186 Å². The van der Waals surface area contributed by atoms with Crippen LogP contribution in [0.1, 0.15) is 30.9 Å². The quantitative estimate of drug-likeness (QED) is 0.350. The van der Waals surface area contributed by atoms with Crippen LogP contribution in [0.2, 0.25) is 0 Å². The van der Waals surface area contributed by atoms with Gasteiger partial charge in [-0.15, -0.1) is 16.4 Å². The molecular formula is C20H21N9O2S. The maximum atomic E-state index is 12.9. The third-order valence-electron chi connectivity index (χ3n) is 5.74. The molecule has 1 saturated heterocycles. The third kappa shape index (κ3) is 3.56. The van der Waals surface area contributed by atoms with Gasteiger partial charge in [0.1, 0.15) is 11.6 Å². The second kappa shape index (κ2) is 7.57. The molecule has 4 aromatic rings. The van der Waals surface area contributed by atoms with Gasteiger partial charge in [0.15, 0.2) is 16.8 Å². The number of anilines is 4. The van der Waals surface area contributed by atoms with Crippen LogP contribution in [0.15, 0.2) is 36.0 Å². The monoisotopic (exact) mass is 451 g/mol. The molecule has 5 heterocycles. The minimum absolute atomic E-state index is 0.247. The van der Waals surface area contributed by atoms with E-state index in [0.29, 0.717) is 28.6 Å². The van der Waals surface area contributed by atoms with E-state index < -0.39 is 12.1 Å². The fraction of sp³-hybridized carbons (Fsp3) is 0.350. The Balaban J connectivity index is 1.31. The zero-order chi connectivity index (χ0) is 21.7. The molecule has 2 atom stereocenters. The molecule has 6 rings (SSSR count). The number of aliphatic hydroxyl groups excluding tert-OH is 1. The lowest BCUT2D eigenvalue weighted by molar-refractivity contribution is -0.117. The van der Waals surface area contributed by atoms with Crippen LogP contribution >= 0.6 is 11.3 Å². The Bertz CT molecular complexity index is 1260. The molecule has 0 bridgehead atoms. The summed E-state index contributed by atoms with van der Waals surface area (Å²) in [5.41, 5.74) is 1.91. The zero-order valence-electron chi connectivity index (χ0n) is 17.0. The SMILES string of the molecule is O=C(Nc1nccs1)[C@@H]1C[C@H](O)CN1c1nc(Nc2cc(C3CC3)[nH]n2)c2cccn2n1. The number of carbonyl (C=O) groups is 1. The average Bonchev–Trinajstić information content (AvgIpc) is 3.21. The molecule has 1 saturated carbocycles. The first-order valence-electron chi connectivity index (χ1n) is 10.5. The molecule has 164 valence electrons. The number of nitrogens with one attached hydrogen (secondary N) is 3. The van der Waals surface area contributed by atoms with Crippen molar-refractivity contribution < 1.29 is 9.90 Å². The van der Waals surface area contributed by atoms with Gasteiger partial charge in [0, 0.05) is 48.4 Å². The summed E-state index contributed by atoms with van der Waals surface area (Å²) in [6.45, 7) is 0.260. The number of hydrogen-bond acceptors (Lipinski definition) is 9. The van der Waals surface area contributed by atoms with Crippen molar-refractivity contribution in [2.24, 2.45) is 0 Å². The number of aliphatic hydroxyl groups is 1. The minimum Gasteiger partial charge on any atom is -0.391 e. The molecule has 11 nitrogen and oxygen atoms in total. The van der Waals surface area contributed by atoms with Crippen molar-refractivity contribution in [3.8, 4) is 0 Å². The Morgan fingerprint density at radius 3 is 3.06 bits per heavy atom. The Hall–Kier alpha value is -3.51. The molecule has 2 aliphatic rings. The smallest absolute Gasteiger partial charge is 0.249 e. The van der Waals surface area contributed by atoms with Gasteiger partial charge < -0.3 is 20.6 Å². The van der Waals surface area contributed by atoms with Crippen molar-refractivity contribution in [2.45, 2.75) is 37.3 Å². The van der Waals surface area contributed by atoms with Crippen LogP contribution in [0.5, 0.6) is 0 Å². The van der Waals surface area contributed by atoms with Gasteiger partial charge in [-0.05, 0) is 25.0 Å². The standard InChI is InChI=1S/C20H21N9O2S/c30-12-8-15(18(31)24-20-21-5-7-32-20)28(10-12)19-23-17(14-2-1-6-29(14)27-19)22-16-9-13(25-26-16)11-3-4-11/h1-2,5-7,9,11-12,15,30H,3-4,8,10H2,(H,21,24,31)(H2,22,23,25,26,27)/t12-,15-/m0/s1. The Kier molecular flexibility index (Phi) is 4.54. The van der Waals surface area contributed by atoms with Crippen molar-refractivity contribution in [2.75, 3.05) is 22.1 Å². The predicted octanol–water partition coefficient (Wildman–Crippen LogP) is 2.11. The van der Waals surface area contributed by atoms with Crippen LogP contribution in [0.4, 0.5) is 22.7 Å². The van der Waals surface area contributed by atoms with Crippen molar-refractivity contribution in [3.63, 3.8) is 0 Å². The summed E-state index contributed by atoms with van der Waals surface area (Å²) in [5.74, 6) is 1.93. The van der Waals surface area contributed by atoms with E-state index in [1.807, 2.05) is 24.4 Å². The molecule has 2 fully saturated rings. The van der Waals surface area contributed by atoms with Gasteiger partial charge in [-0.2, -0.15) is 10.1 Å². The summed E-state index contributed by atoms with van der Waals surface area (Å²) >= 11 is 1.34. The van der Waals surface area contributed by atoms with Crippen molar-refractivity contribution in [1.82, 2.24) is 29.8 Å². The van der Waals surface area contributed by atoms with Crippen molar-refractivity contribution >= 4 is 45.5 Å². The number of β-amino-alcohol motifs (C(OH)–C–C–N with tert-alkyl or cyclic N) is 1. The van der Waals surface area contributed by atoms with Gasteiger partial charge in [-0.25, -0.2) is 9.50 Å². The fourth-order valence-corrected chi connectivity index (χ4v) is 4.55. The Morgan fingerprint density at radius 2 is 2.25 bits per heavy atom. The number of rotatable bonds is 6. The van der Waals surface area contributed by atoms with Gasteiger partial charge in [-0.3, -0.25) is 9.89 Å². The van der Waals surface area contributed by atoms with Gasteiger partial charge in [0.2, 0.25) is 11.9 Å². The Morgan fingerprint density at radius 1 is 1.34 bits per heavy atom. The van der Waals surface area contributed by atoms with E-state index in [2.05, 4.69) is 30.9 Å². The van der Waals surface area contributed by atoms with E-state index in [1.54, 1.807) is 21.0 Å². The number of carbonyl (C=O) groups excluding carboxylic acids is 1. The molecule has 1 aliphatic heterocycles. The van der Waals surface area contributed by atoms with E-state index in [9.17, 15) is 9.90 Å². The summed E-state index contributed by atoms with van der Waals surface area (Å²) in [7, 11) is 0. The summed E-state index contributed by atoms with van der Waals surface area (Å²) in [6, 6.07) is 5.18. The molecule has 0 spiro atoms. The largest absolute Gasteiger partial charge is 0.391 e.